The monoisotopic (exact) mass is 267 g/mol. The minimum absolute atomic E-state index is 0.195. The van der Waals surface area contributed by atoms with Gasteiger partial charge in [0.2, 0.25) is 0 Å². The van der Waals surface area contributed by atoms with Gasteiger partial charge in [0.1, 0.15) is 35.7 Å². The quantitative estimate of drug-likeness (QED) is 0.491. The van der Waals surface area contributed by atoms with Gasteiger partial charge in [0.25, 0.3) is 0 Å². The number of fused-ring (bicyclic) bond motifs is 1. The Bertz CT molecular complexity index is 603. The SMILES string of the molecule is Nc1ncnc2cnn([C@@H]3O[C@H](CO)[C@@H](O)[C@H]3O)c12. The van der Waals surface area contributed by atoms with Gasteiger partial charge in [-0.1, -0.05) is 0 Å². The summed E-state index contributed by atoms with van der Waals surface area (Å²) in [5, 5.41) is 32.8. The maximum Gasteiger partial charge on any atom is 0.179 e. The summed E-state index contributed by atoms with van der Waals surface area (Å²) in [5.41, 5.74) is 6.67. The fourth-order valence-corrected chi connectivity index (χ4v) is 2.19. The highest BCUT2D eigenvalue weighted by Gasteiger charge is 2.44. The second-order valence-electron chi connectivity index (χ2n) is 4.31. The lowest BCUT2D eigenvalue weighted by Crippen LogP contribution is -2.33. The lowest BCUT2D eigenvalue weighted by Gasteiger charge is -2.16. The van der Waals surface area contributed by atoms with Gasteiger partial charge in [0.05, 0.1) is 12.8 Å². The van der Waals surface area contributed by atoms with Crippen LogP contribution in [-0.2, 0) is 4.74 Å². The molecule has 0 aliphatic carbocycles. The molecular formula is C10H13N5O4. The van der Waals surface area contributed by atoms with Gasteiger partial charge < -0.3 is 25.8 Å². The number of hydrogen-bond donors (Lipinski definition) is 4. The number of ether oxygens (including phenoxy) is 1. The van der Waals surface area contributed by atoms with Gasteiger partial charge in [0.15, 0.2) is 12.0 Å². The average molecular weight is 267 g/mol. The molecular weight excluding hydrogens is 254 g/mol. The van der Waals surface area contributed by atoms with E-state index in [4.69, 9.17) is 15.6 Å². The summed E-state index contributed by atoms with van der Waals surface area (Å²) in [6, 6.07) is 0. The van der Waals surface area contributed by atoms with Crippen molar-refractivity contribution in [3.05, 3.63) is 12.5 Å². The highest BCUT2D eigenvalue weighted by molar-refractivity contribution is 5.83. The Hall–Kier alpha value is -1.81. The van der Waals surface area contributed by atoms with Crippen molar-refractivity contribution in [2.45, 2.75) is 24.5 Å². The molecule has 0 spiro atoms. The third kappa shape index (κ3) is 1.75. The Morgan fingerprint density at radius 2 is 2.11 bits per heavy atom. The highest BCUT2D eigenvalue weighted by atomic mass is 16.6. The van der Waals surface area contributed by atoms with Crippen LogP contribution < -0.4 is 5.73 Å². The van der Waals surface area contributed by atoms with E-state index in [1.807, 2.05) is 0 Å². The molecule has 3 heterocycles. The molecule has 1 aliphatic heterocycles. The number of nitrogens with two attached hydrogens (primary N) is 1. The van der Waals surface area contributed by atoms with Crippen molar-refractivity contribution in [3.8, 4) is 0 Å². The second-order valence-corrected chi connectivity index (χ2v) is 4.31. The van der Waals surface area contributed by atoms with Gasteiger partial charge >= 0.3 is 0 Å². The summed E-state index contributed by atoms with van der Waals surface area (Å²) in [5.74, 6) is 0.195. The van der Waals surface area contributed by atoms with Crippen LogP contribution in [0.4, 0.5) is 5.82 Å². The molecule has 4 atom stereocenters. The Labute approximate surface area is 107 Å². The van der Waals surface area contributed by atoms with Crippen LogP contribution >= 0.6 is 0 Å². The molecule has 3 rings (SSSR count). The first-order valence-corrected chi connectivity index (χ1v) is 5.69. The van der Waals surface area contributed by atoms with Crippen LogP contribution in [0.15, 0.2) is 12.5 Å². The predicted molar refractivity (Wildman–Crippen MR) is 62.7 cm³/mol. The summed E-state index contributed by atoms with van der Waals surface area (Å²) in [6.07, 6.45) is -1.47. The van der Waals surface area contributed by atoms with Gasteiger partial charge in [-0.3, -0.25) is 0 Å². The molecule has 1 saturated heterocycles. The van der Waals surface area contributed by atoms with Crippen molar-refractivity contribution in [3.63, 3.8) is 0 Å². The minimum Gasteiger partial charge on any atom is -0.394 e. The Kier molecular flexibility index (Phi) is 2.82. The summed E-state index contributed by atoms with van der Waals surface area (Å²) in [4.78, 5) is 7.85. The predicted octanol–water partition coefficient (Wildman–Crippen LogP) is -1.98. The van der Waals surface area contributed by atoms with E-state index >= 15 is 0 Å². The van der Waals surface area contributed by atoms with Gasteiger partial charge in [-0.05, 0) is 0 Å². The van der Waals surface area contributed by atoms with E-state index in [1.54, 1.807) is 0 Å². The molecule has 0 bridgehead atoms. The summed E-state index contributed by atoms with van der Waals surface area (Å²) in [6.45, 7) is -0.403. The number of anilines is 1. The van der Waals surface area contributed by atoms with E-state index in [1.165, 1.54) is 17.2 Å². The standard InChI is InChI=1S/C10H13N5O4/c11-9-6-4(12-3-13-9)1-14-15(6)10-8(18)7(17)5(2-16)19-10/h1,3,5,7-8,10,16-18H,2H2,(H2,11,12,13)/t5-,7-,8-,10-/m1/s1. The van der Waals surface area contributed by atoms with Crippen molar-refractivity contribution in [1.29, 1.82) is 0 Å². The van der Waals surface area contributed by atoms with Crippen LogP contribution in [0.3, 0.4) is 0 Å². The van der Waals surface area contributed by atoms with E-state index in [0.29, 0.717) is 11.0 Å². The van der Waals surface area contributed by atoms with E-state index < -0.39 is 31.1 Å². The van der Waals surface area contributed by atoms with Gasteiger partial charge in [-0.2, -0.15) is 5.10 Å². The molecule has 0 radical (unpaired) electrons. The number of hydrogen-bond acceptors (Lipinski definition) is 8. The van der Waals surface area contributed by atoms with Crippen molar-refractivity contribution in [2.75, 3.05) is 12.3 Å². The van der Waals surface area contributed by atoms with Crippen molar-refractivity contribution >= 4 is 16.9 Å². The van der Waals surface area contributed by atoms with Crippen LogP contribution in [0.2, 0.25) is 0 Å². The molecule has 102 valence electrons. The second kappa shape index (κ2) is 4.38. The first-order valence-electron chi connectivity index (χ1n) is 5.69. The Morgan fingerprint density at radius 3 is 2.79 bits per heavy atom. The van der Waals surface area contributed by atoms with Gasteiger partial charge in [-0.15, -0.1) is 0 Å². The fourth-order valence-electron chi connectivity index (χ4n) is 2.19. The molecule has 0 aromatic carbocycles. The Morgan fingerprint density at radius 1 is 1.32 bits per heavy atom. The first-order chi connectivity index (χ1) is 9.13. The van der Waals surface area contributed by atoms with Gasteiger partial charge in [-0.25, -0.2) is 14.6 Å². The zero-order chi connectivity index (χ0) is 13.6. The van der Waals surface area contributed by atoms with Crippen molar-refractivity contribution in [1.82, 2.24) is 19.7 Å². The first kappa shape index (κ1) is 12.2. The van der Waals surface area contributed by atoms with Gasteiger partial charge in [0, 0.05) is 0 Å². The number of aliphatic hydroxyl groups is 3. The summed E-state index contributed by atoms with van der Waals surface area (Å²) >= 11 is 0. The summed E-state index contributed by atoms with van der Waals surface area (Å²) < 4.78 is 6.70. The van der Waals surface area contributed by atoms with Crippen molar-refractivity contribution < 1.29 is 20.1 Å². The van der Waals surface area contributed by atoms with E-state index in [-0.39, 0.29) is 5.82 Å². The maximum atomic E-state index is 9.95. The molecule has 1 fully saturated rings. The zero-order valence-electron chi connectivity index (χ0n) is 9.79. The molecule has 0 unspecified atom stereocenters. The molecule has 0 amide bonds. The molecule has 9 nitrogen and oxygen atoms in total. The zero-order valence-corrected chi connectivity index (χ0v) is 9.79. The summed E-state index contributed by atoms with van der Waals surface area (Å²) in [7, 11) is 0. The largest absolute Gasteiger partial charge is 0.394 e. The van der Waals surface area contributed by atoms with Crippen molar-refractivity contribution in [2.24, 2.45) is 0 Å². The molecule has 1 aliphatic rings. The average Bonchev–Trinajstić information content (AvgIpc) is 2.94. The molecule has 5 N–H and O–H groups in total. The third-order valence-corrected chi connectivity index (χ3v) is 3.17. The van der Waals surface area contributed by atoms with E-state index in [2.05, 4.69) is 15.1 Å². The smallest absolute Gasteiger partial charge is 0.179 e. The third-order valence-electron chi connectivity index (χ3n) is 3.17. The van der Waals surface area contributed by atoms with E-state index in [9.17, 15) is 10.2 Å². The molecule has 0 saturated carbocycles. The number of nitrogens with zero attached hydrogens (tertiary/aromatic N) is 4. The molecule has 2 aromatic heterocycles. The highest BCUT2D eigenvalue weighted by Crippen LogP contribution is 2.31. The normalized spacial score (nSPS) is 31.1. The van der Waals surface area contributed by atoms with Crippen LogP contribution in [0, 0.1) is 0 Å². The molecule has 19 heavy (non-hydrogen) atoms. The van der Waals surface area contributed by atoms with Crippen LogP contribution in [-0.4, -0.2) is 60.0 Å². The van der Waals surface area contributed by atoms with E-state index in [0.717, 1.165) is 0 Å². The number of aromatic nitrogens is 4. The Balaban J connectivity index is 2.06. The molecule has 9 heteroatoms. The topological polar surface area (TPSA) is 140 Å². The number of aliphatic hydroxyl groups excluding tert-OH is 3. The van der Waals surface area contributed by atoms with Crippen LogP contribution in [0.5, 0.6) is 0 Å². The molecule has 2 aromatic rings. The van der Waals surface area contributed by atoms with Crippen LogP contribution in [0.1, 0.15) is 6.23 Å². The van der Waals surface area contributed by atoms with Crippen LogP contribution in [0.25, 0.3) is 11.0 Å². The number of nitrogen functional groups attached to an aromatic ring is 1. The maximum absolute atomic E-state index is 9.95. The fraction of sp³-hybridized carbons (Fsp3) is 0.500. The lowest BCUT2D eigenvalue weighted by molar-refractivity contribution is -0.0563. The number of rotatable bonds is 2. The minimum atomic E-state index is -1.22. The lowest BCUT2D eigenvalue weighted by atomic mass is 10.1.